The summed E-state index contributed by atoms with van der Waals surface area (Å²) in [5, 5.41) is 3.94. The van der Waals surface area contributed by atoms with Crippen LogP contribution < -0.4 is 14.8 Å². The third-order valence-corrected chi connectivity index (χ3v) is 4.13. The maximum absolute atomic E-state index is 12.4. The molecule has 5 heteroatoms. The molecule has 1 amide bonds. The lowest BCUT2D eigenvalue weighted by Gasteiger charge is -2.12. The first-order valence-electron chi connectivity index (χ1n) is 8.68. The minimum atomic E-state index is -0.241. The maximum Gasteiger partial charge on any atom is 0.225 e. The first-order valence-corrected chi connectivity index (χ1v) is 8.68. The zero-order valence-electron chi connectivity index (χ0n) is 15.2. The van der Waals surface area contributed by atoms with Gasteiger partial charge in [0.15, 0.2) is 11.3 Å². The molecule has 5 nitrogen and oxygen atoms in total. The highest BCUT2D eigenvalue weighted by Crippen LogP contribution is 2.31. The van der Waals surface area contributed by atoms with Crippen molar-refractivity contribution in [2.45, 2.75) is 26.3 Å². The molecule has 0 aliphatic carbocycles. The van der Waals surface area contributed by atoms with Gasteiger partial charge in [0.05, 0.1) is 26.2 Å². The van der Waals surface area contributed by atoms with Gasteiger partial charge in [-0.15, -0.1) is 0 Å². The Bertz CT molecular complexity index is 900. The molecule has 26 heavy (non-hydrogen) atoms. The molecule has 3 rings (SSSR count). The number of para-hydroxylation sites is 1. The van der Waals surface area contributed by atoms with Crippen molar-refractivity contribution in [3.05, 3.63) is 59.9 Å². The van der Waals surface area contributed by atoms with E-state index in [2.05, 4.69) is 5.32 Å². The summed E-state index contributed by atoms with van der Waals surface area (Å²) in [7, 11) is 1.61. The monoisotopic (exact) mass is 353 g/mol. The normalized spacial score (nSPS) is 12.0. The number of furan rings is 1. The number of hydrogen-bond donors (Lipinski definition) is 1. The van der Waals surface area contributed by atoms with Crippen molar-refractivity contribution in [1.82, 2.24) is 5.32 Å². The standard InChI is InChI=1S/C21H23NO4/c1-4-25-18-10-6-8-16-13-19(26-21(16)18)14(2)22-20(23)12-15-7-5-9-17(11-15)24-3/h5-11,13-14H,4,12H2,1-3H3,(H,22,23). The van der Waals surface area contributed by atoms with Crippen molar-refractivity contribution in [2.75, 3.05) is 13.7 Å². The summed E-state index contributed by atoms with van der Waals surface area (Å²) in [6, 6.07) is 15.0. The van der Waals surface area contributed by atoms with Gasteiger partial charge in [-0.1, -0.05) is 24.3 Å². The fraction of sp³-hybridized carbons (Fsp3) is 0.286. The van der Waals surface area contributed by atoms with Crippen LogP contribution in [-0.2, 0) is 11.2 Å². The molecule has 0 saturated carbocycles. The van der Waals surface area contributed by atoms with E-state index in [1.807, 2.05) is 62.4 Å². The highest BCUT2D eigenvalue weighted by Gasteiger charge is 2.16. The van der Waals surface area contributed by atoms with Gasteiger partial charge in [0, 0.05) is 5.39 Å². The Morgan fingerprint density at radius 1 is 1.19 bits per heavy atom. The first-order chi connectivity index (χ1) is 12.6. The van der Waals surface area contributed by atoms with Crippen molar-refractivity contribution < 1.29 is 18.7 Å². The van der Waals surface area contributed by atoms with Crippen molar-refractivity contribution in [1.29, 1.82) is 0 Å². The van der Waals surface area contributed by atoms with Crippen LogP contribution in [0.25, 0.3) is 11.0 Å². The number of methoxy groups -OCH3 is 1. The Labute approximate surface area is 152 Å². The molecule has 0 aliphatic heterocycles. The van der Waals surface area contributed by atoms with Gasteiger partial charge in [-0.3, -0.25) is 4.79 Å². The van der Waals surface area contributed by atoms with Crippen molar-refractivity contribution >= 4 is 16.9 Å². The second-order valence-corrected chi connectivity index (χ2v) is 6.07. The van der Waals surface area contributed by atoms with Gasteiger partial charge in [-0.2, -0.15) is 0 Å². The predicted molar refractivity (Wildman–Crippen MR) is 101 cm³/mol. The molecule has 0 radical (unpaired) electrons. The third kappa shape index (κ3) is 3.99. The zero-order valence-corrected chi connectivity index (χ0v) is 15.2. The van der Waals surface area contributed by atoms with Crippen LogP contribution in [0.2, 0.25) is 0 Å². The van der Waals surface area contributed by atoms with Gasteiger partial charge in [0.25, 0.3) is 0 Å². The third-order valence-electron chi connectivity index (χ3n) is 4.13. The van der Waals surface area contributed by atoms with Crippen LogP contribution in [0, 0.1) is 0 Å². The average molecular weight is 353 g/mol. The number of rotatable bonds is 7. The SMILES string of the molecule is CCOc1cccc2cc(C(C)NC(=O)Cc3cccc(OC)c3)oc12. The molecule has 0 aliphatic rings. The Morgan fingerprint density at radius 3 is 2.77 bits per heavy atom. The van der Waals surface area contributed by atoms with Gasteiger partial charge < -0.3 is 19.2 Å². The van der Waals surface area contributed by atoms with Gasteiger partial charge in [0.1, 0.15) is 11.5 Å². The molecule has 1 heterocycles. The van der Waals surface area contributed by atoms with E-state index in [4.69, 9.17) is 13.9 Å². The largest absolute Gasteiger partial charge is 0.497 e. The second kappa shape index (κ2) is 7.95. The molecular formula is C21H23NO4. The van der Waals surface area contributed by atoms with E-state index in [0.29, 0.717) is 23.7 Å². The molecule has 136 valence electrons. The molecule has 3 aromatic rings. The molecule has 0 bridgehead atoms. The topological polar surface area (TPSA) is 60.7 Å². The molecule has 1 unspecified atom stereocenters. The number of fused-ring (bicyclic) bond motifs is 1. The van der Waals surface area contributed by atoms with E-state index in [1.165, 1.54) is 0 Å². The van der Waals surface area contributed by atoms with Gasteiger partial charge in [0.2, 0.25) is 5.91 Å². The predicted octanol–water partition coefficient (Wildman–Crippen LogP) is 4.26. The zero-order chi connectivity index (χ0) is 18.5. The molecule has 1 aromatic heterocycles. The molecule has 0 spiro atoms. The molecule has 0 saturated heterocycles. The lowest BCUT2D eigenvalue weighted by Crippen LogP contribution is -2.27. The van der Waals surface area contributed by atoms with Crippen LogP contribution >= 0.6 is 0 Å². The van der Waals surface area contributed by atoms with Crippen LogP contribution in [0.15, 0.2) is 52.9 Å². The lowest BCUT2D eigenvalue weighted by atomic mass is 10.1. The van der Waals surface area contributed by atoms with Gasteiger partial charge >= 0.3 is 0 Å². The molecular weight excluding hydrogens is 330 g/mol. The van der Waals surface area contributed by atoms with Crippen LogP contribution in [0.4, 0.5) is 0 Å². The van der Waals surface area contributed by atoms with Gasteiger partial charge in [-0.05, 0) is 43.7 Å². The number of ether oxygens (including phenoxy) is 2. The molecule has 0 fully saturated rings. The Hall–Kier alpha value is -2.95. The summed E-state index contributed by atoms with van der Waals surface area (Å²) in [5.41, 5.74) is 1.61. The number of carbonyl (C=O) groups excluding carboxylic acids is 1. The Kier molecular flexibility index (Phi) is 5.46. The van der Waals surface area contributed by atoms with Gasteiger partial charge in [-0.25, -0.2) is 0 Å². The van der Waals surface area contributed by atoms with E-state index >= 15 is 0 Å². The smallest absolute Gasteiger partial charge is 0.225 e. The fourth-order valence-corrected chi connectivity index (χ4v) is 2.87. The van der Waals surface area contributed by atoms with Crippen LogP contribution in [0.3, 0.4) is 0 Å². The van der Waals surface area contributed by atoms with E-state index < -0.39 is 0 Å². The lowest BCUT2D eigenvalue weighted by molar-refractivity contribution is -0.121. The van der Waals surface area contributed by atoms with E-state index in [0.717, 1.165) is 16.7 Å². The molecule has 1 atom stereocenters. The van der Waals surface area contributed by atoms with E-state index in [-0.39, 0.29) is 18.4 Å². The summed E-state index contributed by atoms with van der Waals surface area (Å²) in [6.07, 6.45) is 0.284. The highest BCUT2D eigenvalue weighted by molar-refractivity contribution is 5.84. The maximum atomic E-state index is 12.4. The number of nitrogens with one attached hydrogen (secondary N) is 1. The fourth-order valence-electron chi connectivity index (χ4n) is 2.87. The van der Waals surface area contributed by atoms with E-state index in [9.17, 15) is 4.79 Å². The highest BCUT2D eigenvalue weighted by atomic mass is 16.5. The van der Waals surface area contributed by atoms with Crippen LogP contribution in [-0.4, -0.2) is 19.6 Å². The van der Waals surface area contributed by atoms with Crippen LogP contribution in [0.1, 0.15) is 31.2 Å². The summed E-state index contributed by atoms with van der Waals surface area (Å²) in [5.74, 6) is 2.08. The first kappa shape index (κ1) is 17.9. The summed E-state index contributed by atoms with van der Waals surface area (Å²) < 4.78 is 16.7. The van der Waals surface area contributed by atoms with Crippen molar-refractivity contribution in [3.8, 4) is 11.5 Å². The number of benzene rings is 2. The Balaban J connectivity index is 1.71. The van der Waals surface area contributed by atoms with Crippen molar-refractivity contribution in [2.24, 2.45) is 0 Å². The summed E-state index contributed by atoms with van der Waals surface area (Å²) in [4.78, 5) is 12.4. The molecule has 2 aromatic carbocycles. The Morgan fingerprint density at radius 2 is 2.00 bits per heavy atom. The second-order valence-electron chi connectivity index (χ2n) is 6.07. The summed E-state index contributed by atoms with van der Waals surface area (Å²) in [6.45, 7) is 4.41. The van der Waals surface area contributed by atoms with Crippen LogP contribution in [0.5, 0.6) is 11.5 Å². The quantitative estimate of drug-likeness (QED) is 0.689. The van der Waals surface area contributed by atoms with Crippen molar-refractivity contribution in [3.63, 3.8) is 0 Å². The van der Waals surface area contributed by atoms with E-state index in [1.54, 1.807) is 7.11 Å². The number of hydrogen-bond acceptors (Lipinski definition) is 4. The summed E-state index contributed by atoms with van der Waals surface area (Å²) >= 11 is 0. The number of amides is 1. The minimum Gasteiger partial charge on any atom is -0.497 e. The minimum absolute atomic E-state index is 0.0729. The average Bonchev–Trinajstić information content (AvgIpc) is 3.07. The molecule has 1 N–H and O–H groups in total. The number of carbonyl (C=O) groups is 1.